The zero-order chi connectivity index (χ0) is 33.2. The van der Waals surface area contributed by atoms with Crippen molar-refractivity contribution in [3.63, 3.8) is 0 Å². The molecule has 0 radical (unpaired) electrons. The number of nitrogen functional groups attached to an aromatic ring is 1. The first-order chi connectivity index (χ1) is 21.3. The quantitative estimate of drug-likeness (QED) is 0.0492. The highest BCUT2D eigenvalue weighted by atomic mass is 32.2. The molecule has 0 saturated heterocycles. The van der Waals surface area contributed by atoms with Crippen LogP contribution < -0.4 is 26.4 Å². The van der Waals surface area contributed by atoms with Gasteiger partial charge in [0.1, 0.15) is 17.9 Å². The molecular weight excluding hydrogens is 596 g/mol. The molecule has 0 bridgehead atoms. The van der Waals surface area contributed by atoms with E-state index >= 15 is 0 Å². The Morgan fingerprint density at radius 3 is 2.22 bits per heavy atom. The van der Waals surface area contributed by atoms with Crippen molar-refractivity contribution in [2.45, 2.75) is 82.9 Å². The molecule has 0 aliphatic carbocycles. The van der Waals surface area contributed by atoms with E-state index in [1.165, 1.54) is 11.9 Å². The second-order valence-corrected chi connectivity index (χ2v) is 12.3. The number of hydrogen-bond donors (Lipinski definition) is 7. The van der Waals surface area contributed by atoms with Crippen LogP contribution in [0.3, 0.4) is 0 Å². The van der Waals surface area contributed by atoms with Gasteiger partial charge in [0.15, 0.2) is 0 Å². The number of aliphatic carboxylic acids is 1. The van der Waals surface area contributed by atoms with Gasteiger partial charge in [-0.15, -0.1) is 0 Å². The minimum Gasteiger partial charge on any atom is -0.481 e. The average molecular weight is 643 g/mol. The normalized spacial score (nSPS) is 12.5. The lowest BCUT2D eigenvalue weighted by atomic mass is 10.1. The van der Waals surface area contributed by atoms with Gasteiger partial charge in [0.2, 0.25) is 17.7 Å². The van der Waals surface area contributed by atoms with Gasteiger partial charge in [-0.2, -0.15) is 0 Å². The van der Waals surface area contributed by atoms with Crippen molar-refractivity contribution in [2.24, 2.45) is 5.73 Å². The topological polar surface area (TPSA) is 196 Å². The Hall–Kier alpha value is -3.94. The maximum atomic E-state index is 13.5. The minimum absolute atomic E-state index is 0.0491. The predicted molar refractivity (Wildman–Crippen MR) is 175 cm³/mol. The largest absolute Gasteiger partial charge is 0.481 e. The van der Waals surface area contributed by atoms with E-state index in [1.807, 2.05) is 51.1 Å². The molecule has 0 aliphatic rings. The lowest BCUT2D eigenvalue weighted by Crippen LogP contribution is -2.53. The van der Waals surface area contributed by atoms with Crippen molar-refractivity contribution in [3.05, 3.63) is 71.3 Å². The molecule has 3 amide bonds. The number of carboxylic acids is 1. The summed E-state index contributed by atoms with van der Waals surface area (Å²) in [5.74, 6) is -1.55. The number of carbonyl (C=O) groups excluding carboxylic acids is 3. The zero-order valence-corrected chi connectivity index (χ0v) is 27.0. The second-order valence-electron chi connectivity index (χ2n) is 11.5. The molecule has 8 N–H and O–H groups in total. The third-order valence-electron chi connectivity index (χ3n) is 6.48. The molecule has 45 heavy (non-hydrogen) atoms. The van der Waals surface area contributed by atoms with Gasteiger partial charge in [-0.05, 0) is 51.2 Å². The van der Waals surface area contributed by atoms with E-state index in [1.54, 1.807) is 24.3 Å². The molecule has 0 heterocycles. The number of amidine groups is 1. The molecule has 2 aromatic carbocycles. The maximum Gasteiger partial charge on any atom is 0.303 e. The number of carboxylic acid groups (broad SMARTS) is 1. The van der Waals surface area contributed by atoms with Crippen molar-refractivity contribution < 1.29 is 29.0 Å². The molecule has 12 nitrogen and oxygen atoms in total. The zero-order valence-electron chi connectivity index (χ0n) is 26.2. The number of rotatable bonds is 20. The Bertz CT molecular complexity index is 1250. The number of benzene rings is 2. The van der Waals surface area contributed by atoms with Gasteiger partial charge in [0.05, 0.1) is 18.6 Å². The summed E-state index contributed by atoms with van der Waals surface area (Å²) >= 11 is 1.38. The van der Waals surface area contributed by atoms with E-state index in [2.05, 4.69) is 20.7 Å². The van der Waals surface area contributed by atoms with Gasteiger partial charge in [0.25, 0.3) is 0 Å². The van der Waals surface area contributed by atoms with Crippen LogP contribution in [0, 0.1) is 5.41 Å². The van der Waals surface area contributed by atoms with Crippen LogP contribution in [-0.2, 0) is 36.2 Å². The van der Waals surface area contributed by atoms with Crippen LogP contribution >= 0.6 is 11.9 Å². The highest BCUT2D eigenvalue weighted by Crippen LogP contribution is 2.13. The molecule has 0 aromatic heterocycles. The number of amides is 3. The first-order valence-corrected chi connectivity index (χ1v) is 15.9. The standard InChI is InChI=1S/C32H46N6O6S/c1-32(2,3)44-20-26(38-45-21-23-9-5-4-6-10-23)31(43)37-25(11-7-8-18-35-27(39)16-17-28(40)41)30(42)36-19-22-12-14-24(15-13-22)29(33)34/h4-6,9-10,12-15,25-26,38H,7-8,11,16-21H2,1-3H3,(H3,33,34)(H,35,39)(H,36,42)(H,37,43)(H,40,41)/t25-,26+/m0/s1. The predicted octanol–water partition coefficient (Wildman–Crippen LogP) is 2.84. The van der Waals surface area contributed by atoms with Crippen LogP contribution in [0.5, 0.6) is 0 Å². The number of nitrogens with two attached hydrogens (primary N) is 1. The minimum atomic E-state index is -1.04. The van der Waals surface area contributed by atoms with Gasteiger partial charge in [-0.1, -0.05) is 66.5 Å². The average Bonchev–Trinajstić information content (AvgIpc) is 2.99. The number of ether oxygens (including phenoxy) is 1. The summed E-state index contributed by atoms with van der Waals surface area (Å²) in [6, 6.07) is 15.2. The lowest BCUT2D eigenvalue weighted by Gasteiger charge is -2.26. The van der Waals surface area contributed by atoms with Gasteiger partial charge in [-0.25, -0.2) is 4.72 Å². The summed E-state index contributed by atoms with van der Waals surface area (Å²) in [5, 5.41) is 24.7. The van der Waals surface area contributed by atoms with Crippen LogP contribution in [0.2, 0.25) is 0 Å². The fraction of sp³-hybridized carbons (Fsp3) is 0.469. The van der Waals surface area contributed by atoms with Gasteiger partial charge >= 0.3 is 5.97 Å². The summed E-state index contributed by atoms with van der Waals surface area (Å²) in [6.07, 6.45) is 1.03. The van der Waals surface area contributed by atoms with Gasteiger partial charge in [0, 0.05) is 30.8 Å². The molecule has 0 fully saturated rings. The first-order valence-electron chi connectivity index (χ1n) is 14.9. The van der Waals surface area contributed by atoms with Crippen molar-refractivity contribution in [3.8, 4) is 0 Å². The molecule has 0 aliphatic heterocycles. The Morgan fingerprint density at radius 2 is 1.60 bits per heavy atom. The van der Waals surface area contributed by atoms with E-state index in [0.29, 0.717) is 37.1 Å². The smallest absolute Gasteiger partial charge is 0.303 e. The summed E-state index contributed by atoms with van der Waals surface area (Å²) in [5.41, 5.74) is 7.52. The highest BCUT2D eigenvalue weighted by Gasteiger charge is 2.27. The summed E-state index contributed by atoms with van der Waals surface area (Å²) in [7, 11) is 0. The van der Waals surface area contributed by atoms with Crippen molar-refractivity contribution in [1.29, 1.82) is 5.41 Å². The molecule has 0 saturated carbocycles. The van der Waals surface area contributed by atoms with E-state index in [-0.39, 0.29) is 49.6 Å². The van der Waals surface area contributed by atoms with Crippen LogP contribution in [0.25, 0.3) is 0 Å². The van der Waals surface area contributed by atoms with E-state index < -0.39 is 23.7 Å². The van der Waals surface area contributed by atoms with E-state index in [0.717, 1.165) is 11.1 Å². The number of nitrogens with one attached hydrogen (secondary N) is 5. The lowest BCUT2D eigenvalue weighted by molar-refractivity contribution is -0.138. The summed E-state index contributed by atoms with van der Waals surface area (Å²) in [6.45, 7) is 6.33. The van der Waals surface area contributed by atoms with Crippen LogP contribution in [0.1, 0.15) is 69.6 Å². The maximum absolute atomic E-state index is 13.5. The fourth-order valence-electron chi connectivity index (χ4n) is 3.96. The van der Waals surface area contributed by atoms with E-state index in [9.17, 15) is 19.2 Å². The third kappa shape index (κ3) is 16.1. The van der Waals surface area contributed by atoms with Crippen LogP contribution in [0.4, 0.5) is 0 Å². The molecule has 0 unspecified atom stereocenters. The molecule has 2 aromatic rings. The third-order valence-corrected chi connectivity index (χ3v) is 7.41. The number of carbonyl (C=O) groups is 4. The number of unbranched alkanes of at least 4 members (excludes halogenated alkanes) is 1. The molecular formula is C32H46N6O6S. The summed E-state index contributed by atoms with van der Waals surface area (Å²) in [4.78, 5) is 49.3. The van der Waals surface area contributed by atoms with Gasteiger partial charge < -0.3 is 31.5 Å². The monoisotopic (exact) mass is 642 g/mol. The van der Waals surface area contributed by atoms with Crippen molar-refractivity contribution in [1.82, 2.24) is 20.7 Å². The molecule has 246 valence electrons. The van der Waals surface area contributed by atoms with E-state index in [4.69, 9.17) is 21.0 Å². The molecule has 13 heteroatoms. The van der Waals surface area contributed by atoms with Crippen molar-refractivity contribution in [2.75, 3.05) is 13.2 Å². The fourth-order valence-corrected chi connectivity index (χ4v) is 4.78. The molecule has 2 rings (SSSR count). The van der Waals surface area contributed by atoms with Crippen LogP contribution in [-0.4, -0.2) is 65.5 Å². The Kier molecular flexibility index (Phi) is 16.1. The van der Waals surface area contributed by atoms with Crippen LogP contribution in [0.15, 0.2) is 54.6 Å². The molecule has 2 atom stereocenters. The number of hydrogen-bond acceptors (Lipinski definition) is 8. The highest BCUT2D eigenvalue weighted by molar-refractivity contribution is 7.96. The Labute approximate surface area is 269 Å². The SMILES string of the molecule is CC(C)(C)OC[C@@H](NSCc1ccccc1)C(=O)N[C@@H](CCCCNC(=O)CCC(=O)O)C(=O)NCc1ccc(C(=N)N)cc1. The van der Waals surface area contributed by atoms with Gasteiger partial charge in [-0.3, -0.25) is 24.6 Å². The second kappa shape index (κ2) is 19.4. The Balaban J connectivity index is 2.05. The molecule has 0 spiro atoms. The van der Waals surface area contributed by atoms with Crippen molar-refractivity contribution >= 4 is 41.5 Å². The first kappa shape index (κ1) is 37.2. The Morgan fingerprint density at radius 1 is 0.911 bits per heavy atom. The summed E-state index contributed by atoms with van der Waals surface area (Å²) < 4.78 is 9.12.